The Hall–Kier alpha value is -1.45. The fourth-order valence-electron chi connectivity index (χ4n) is 1.58. The summed E-state index contributed by atoms with van der Waals surface area (Å²) in [4.78, 5) is 11.9. The second-order valence-electron chi connectivity index (χ2n) is 4.19. The zero-order chi connectivity index (χ0) is 15.3. The molecule has 7 heteroatoms. The minimum atomic E-state index is -3.67. The molecule has 2 rings (SSSR count). The Balaban J connectivity index is 1.93. The van der Waals surface area contributed by atoms with E-state index in [0.29, 0.717) is 5.69 Å². The van der Waals surface area contributed by atoms with Crippen molar-refractivity contribution in [3.05, 3.63) is 58.2 Å². The van der Waals surface area contributed by atoms with Gasteiger partial charge in [0.25, 0.3) is 0 Å². The SMILES string of the molecule is O=C(CNS(=O)(=O)c1ccccc1)Nc1ccc(I)cc1. The van der Waals surface area contributed by atoms with Gasteiger partial charge in [-0.1, -0.05) is 18.2 Å². The highest BCUT2D eigenvalue weighted by Gasteiger charge is 2.14. The lowest BCUT2D eigenvalue weighted by Gasteiger charge is -2.08. The van der Waals surface area contributed by atoms with E-state index in [4.69, 9.17) is 0 Å². The summed E-state index contributed by atoms with van der Waals surface area (Å²) in [7, 11) is -3.67. The fraction of sp³-hybridized carbons (Fsp3) is 0.0714. The monoisotopic (exact) mass is 416 g/mol. The molecule has 0 heterocycles. The van der Waals surface area contributed by atoms with E-state index in [1.165, 1.54) is 12.1 Å². The predicted octanol–water partition coefficient (Wildman–Crippen LogP) is 2.21. The van der Waals surface area contributed by atoms with Crippen molar-refractivity contribution in [1.29, 1.82) is 0 Å². The van der Waals surface area contributed by atoms with E-state index in [1.54, 1.807) is 30.3 Å². The molecule has 2 N–H and O–H groups in total. The smallest absolute Gasteiger partial charge is 0.241 e. The highest BCUT2D eigenvalue weighted by atomic mass is 127. The van der Waals surface area contributed by atoms with Crippen molar-refractivity contribution >= 4 is 44.2 Å². The number of carbonyl (C=O) groups excluding carboxylic acids is 1. The molecule has 0 saturated carbocycles. The van der Waals surface area contributed by atoms with Crippen LogP contribution >= 0.6 is 22.6 Å². The van der Waals surface area contributed by atoms with Crippen molar-refractivity contribution in [3.8, 4) is 0 Å². The number of rotatable bonds is 5. The molecule has 2 aromatic rings. The summed E-state index contributed by atoms with van der Waals surface area (Å²) in [5, 5.41) is 2.62. The molecular weight excluding hydrogens is 403 g/mol. The number of benzene rings is 2. The average Bonchev–Trinajstić information content (AvgIpc) is 2.49. The van der Waals surface area contributed by atoms with Gasteiger partial charge in [-0.2, -0.15) is 0 Å². The molecule has 0 aromatic heterocycles. The van der Waals surface area contributed by atoms with Gasteiger partial charge in [0.05, 0.1) is 11.4 Å². The van der Waals surface area contributed by atoms with Gasteiger partial charge in [-0.25, -0.2) is 13.1 Å². The maximum atomic E-state index is 11.9. The predicted molar refractivity (Wildman–Crippen MR) is 89.4 cm³/mol. The molecule has 0 spiro atoms. The molecule has 0 atom stereocenters. The molecule has 5 nitrogen and oxygen atoms in total. The molecule has 0 aliphatic heterocycles. The van der Waals surface area contributed by atoms with Crippen LogP contribution in [0.2, 0.25) is 0 Å². The fourth-order valence-corrected chi connectivity index (χ4v) is 2.94. The molecule has 0 radical (unpaired) electrons. The molecule has 0 bridgehead atoms. The Bertz CT molecular complexity index is 716. The normalized spacial score (nSPS) is 11.1. The van der Waals surface area contributed by atoms with Gasteiger partial charge in [0.15, 0.2) is 0 Å². The number of carbonyl (C=O) groups is 1. The van der Waals surface area contributed by atoms with E-state index < -0.39 is 15.9 Å². The largest absolute Gasteiger partial charge is 0.325 e. The van der Waals surface area contributed by atoms with Crippen LogP contribution in [-0.4, -0.2) is 20.9 Å². The summed E-state index contributed by atoms with van der Waals surface area (Å²) >= 11 is 2.16. The Morgan fingerprint density at radius 1 is 1.00 bits per heavy atom. The lowest BCUT2D eigenvalue weighted by molar-refractivity contribution is -0.115. The standard InChI is InChI=1S/C14H13IN2O3S/c15-11-6-8-12(9-7-11)17-14(18)10-16-21(19,20)13-4-2-1-3-5-13/h1-9,16H,10H2,(H,17,18). The zero-order valence-corrected chi connectivity index (χ0v) is 13.9. The number of sulfonamides is 1. The molecular formula is C14H13IN2O3S. The van der Waals surface area contributed by atoms with Crippen LogP contribution in [-0.2, 0) is 14.8 Å². The minimum absolute atomic E-state index is 0.132. The molecule has 110 valence electrons. The first kappa shape index (κ1) is 15.9. The van der Waals surface area contributed by atoms with Crippen LogP contribution in [0.5, 0.6) is 0 Å². The summed E-state index contributed by atoms with van der Waals surface area (Å²) in [6.07, 6.45) is 0. The second kappa shape index (κ2) is 7.01. The number of anilines is 1. The number of nitrogens with one attached hydrogen (secondary N) is 2. The Morgan fingerprint density at radius 3 is 2.24 bits per heavy atom. The molecule has 1 amide bonds. The van der Waals surface area contributed by atoms with Gasteiger partial charge in [-0.3, -0.25) is 4.79 Å². The molecule has 0 aliphatic carbocycles. The molecule has 0 fully saturated rings. The van der Waals surface area contributed by atoms with Gasteiger partial charge < -0.3 is 5.32 Å². The summed E-state index contributed by atoms with van der Waals surface area (Å²) in [5.41, 5.74) is 0.624. The summed E-state index contributed by atoms with van der Waals surface area (Å²) < 4.78 is 27.2. The van der Waals surface area contributed by atoms with E-state index in [9.17, 15) is 13.2 Å². The quantitative estimate of drug-likeness (QED) is 0.735. The van der Waals surface area contributed by atoms with Crippen LogP contribution in [0.1, 0.15) is 0 Å². The van der Waals surface area contributed by atoms with Gasteiger partial charge in [0, 0.05) is 9.26 Å². The molecule has 0 saturated heterocycles. The highest BCUT2D eigenvalue weighted by molar-refractivity contribution is 14.1. The third-order valence-corrected chi connectivity index (χ3v) is 4.74. The van der Waals surface area contributed by atoms with Crippen molar-refractivity contribution in [2.24, 2.45) is 0 Å². The first-order valence-electron chi connectivity index (χ1n) is 6.07. The van der Waals surface area contributed by atoms with Crippen molar-refractivity contribution < 1.29 is 13.2 Å². The molecule has 21 heavy (non-hydrogen) atoms. The van der Waals surface area contributed by atoms with Crippen LogP contribution in [0, 0.1) is 3.57 Å². The van der Waals surface area contributed by atoms with E-state index in [0.717, 1.165) is 3.57 Å². The third-order valence-electron chi connectivity index (χ3n) is 2.60. The Kier molecular flexibility index (Phi) is 5.32. The number of hydrogen-bond acceptors (Lipinski definition) is 3. The summed E-state index contributed by atoms with van der Waals surface area (Å²) in [5.74, 6) is -0.421. The first-order chi connectivity index (χ1) is 9.97. The van der Waals surface area contributed by atoms with E-state index in [1.807, 2.05) is 12.1 Å². The average molecular weight is 416 g/mol. The topological polar surface area (TPSA) is 75.3 Å². The van der Waals surface area contributed by atoms with Gasteiger partial charge in [-0.05, 0) is 59.0 Å². The number of halogens is 1. The first-order valence-corrected chi connectivity index (χ1v) is 8.64. The third kappa shape index (κ3) is 4.80. The second-order valence-corrected chi connectivity index (χ2v) is 7.21. The van der Waals surface area contributed by atoms with Gasteiger partial charge >= 0.3 is 0 Å². The van der Waals surface area contributed by atoms with E-state index in [2.05, 4.69) is 32.6 Å². The molecule has 0 unspecified atom stereocenters. The van der Waals surface area contributed by atoms with Crippen molar-refractivity contribution in [2.75, 3.05) is 11.9 Å². The van der Waals surface area contributed by atoms with Crippen LogP contribution in [0.25, 0.3) is 0 Å². The van der Waals surface area contributed by atoms with Crippen molar-refractivity contribution in [2.45, 2.75) is 4.90 Å². The van der Waals surface area contributed by atoms with Crippen molar-refractivity contribution in [3.63, 3.8) is 0 Å². The van der Waals surface area contributed by atoms with E-state index in [-0.39, 0.29) is 11.4 Å². The van der Waals surface area contributed by atoms with Gasteiger partial charge in [0.2, 0.25) is 15.9 Å². The maximum absolute atomic E-state index is 11.9. The van der Waals surface area contributed by atoms with Crippen LogP contribution in [0.4, 0.5) is 5.69 Å². The zero-order valence-electron chi connectivity index (χ0n) is 10.9. The molecule has 0 aliphatic rings. The van der Waals surface area contributed by atoms with Crippen LogP contribution < -0.4 is 10.0 Å². The lowest BCUT2D eigenvalue weighted by atomic mass is 10.3. The minimum Gasteiger partial charge on any atom is -0.325 e. The molecule has 2 aromatic carbocycles. The number of amides is 1. The lowest BCUT2D eigenvalue weighted by Crippen LogP contribution is -2.32. The summed E-state index contributed by atoms with van der Waals surface area (Å²) in [6, 6.07) is 15.1. The number of hydrogen-bond donors (Lipinski definition) is 2. The summed E-state index contributed by atoms with van der Waals surface area (Å²) in [6.45, 7) is -0.316. The van der Waals surface area contributed by atoms with Gasteiger partial charge in [-0.15, -0.1) is 0 Å². The van der Waals surface area contributed by atoms with E-state index >= 15 is 0 Å². The highest BCUT2D eigenvalue weighted by Crippen LogP contribution is 2.11. The van der Waals surface area contributed by atoms with Gasteiger partial charge in [0.1, 0.15) is 0 Å². The maximum Gasteiger partial charge on any atom is 0.241 e. The Labute approximate surface area is 137 Å². The van der Waals surface area contributed by atoms with Crippen LogP contribution in [0.3, 0.4) is 0 Å². The van der Waals surface area contributed by atoms with Crippen molar-refractivity contribution in [1.82, 2.24) is 4.72 Å². The van der Waals surface area contributed by atoms with Crippen LogP contribution in [0.15, 0.2) is 59.5 Å². The Morgan fingerprint density at radius 2 is 1.62 bits per heavy atom.